The minimum atomic E-state index is -0.332. The third-order valence-electron chi connectivity index (χ3n) is 3.77. The summed E-state index contributed by atoms with van der Waals surface area (Å²) in [6.45, 7) is 1.70. The first-order chi connectivity index (χ1) is 9.76. The van der Waals surface area contributed by atoms with Crippen molar-refractivity contribution in [3.05, 3.63) is 35.8 Å². The summed E-state index contributed by atoms with van der Waals surface area (Å²) in [5, 5.41) is 0. The van der Waals surface area contributed by atoms with Gasteiger partial charge in [-0.3, -0.25) is 0 Å². The molecule has 1 fully saturated rings. The molecule has 0 spiro atoms. The van der Waals surface area contributed by atoms with Crippen LogP contribution < -0.4 is 0 Å². The van der Waals surface area contributed by atoms with E-state index in [0.29, 0.717) is 11.5 Å². The number of fused-ring (bicyclic) bond motifs is 1. The van der Waals surface area contributed by atoms with E-state index in [9.17, 15) is 4.79 Å². The maximum atomic E-state index is 11.5. The number of ether oxygens (including phenoxy) is 2. The van der Waals surface area contributed by atoms with E-state index in [1.165, 1.54) is 7.11 Å². The van der Waals surface area contributed by atoms with Crippen LogP contribution in [0.25, 0.3) is 5.65 Å². The van der Waals surface area contributed by atoms with Crippen molar-refractivity contribution >= 4 is 11.6 Å². The molecule has 0 unspecified atom stereocenters. The molecule has 0 amide bonds. The van der Waals surface area contributed by atoms with Crippen molar-refractivity contribution in [1.29, 1.82) is 0 Å². The van der Waals surface area contributed by atoms with Crippen molar-refractivity contribution in [2.75, 3.05) is 20.3 Å². The lowest BCUT2D eigenvalue weighted by molar-refractivity contribution is 0.0600. The Labute approximate surface area is 117 Å². The van der Waals surface area contributed by atoms with Crippen molar-refractivity contribution < 1.29 is 14.3 Å². The molecule has 1 saturated heterocycles. The summed E-state index contributed by atoms with van der Waals surface area (Å²) < 4.78 is 12.0. The highest BCUT2D eigenvalue weighted by Crippen LogP contribution is 2.20. The molecule has 0 saturated carbocycles. The topological polar surface area (TPSA) is 52.8 Å². The van der Waals surface area contributed by atoms with Crippen molar-refractivity contribution in [1.82, 2.24) is 9.38 Å². The highest BCUT2D eigenvalue weighted by atomic mass is 16.5. The van der Waals surface area contributed by atoms with Gasteiger partial charge >= 0.3 is 5.97 Å². The molecule has 0 aromatic carbocycles. The molecule has 0 bridgehead atoms. The third-order valence-corrected chi connectivity index (χ3v) is 3.77. The van der Waals surface area contributed by atoms with E-state index in [2.05, 4.69) is 4.98 Å². The minimum absolute atomic E-state index is 0.332. The van der Waals surface area contributed by atoms with E-state index in [0.717, 1.165) is 43.8 Å². The molecule has 0 N–H and O–H groups in total. The van der Waals surface area contributed by atoms with Crippen molar-refractivity contribution in [2.45, 2.75) is 19.3 Å². The summed E-state index contributed by atoms with van der Waals surface area (Å²) in [6, 6.07) is 3.51. The van der Waals surface area contributed by atoms with Gasteiger partial charge < -0.3 is 13.9 Å². The van der Waals surface area contributed by atoms with E-state index in [-0.39, 0.29) is 5.97 Å². The SMILES string of the molecule is COC(=O)c1ccn2cc(CC3CCOCC3)nc2c1. The molecule has 20 heavy (non-hydrogen) atoms. The number of pyridine rings is 1. The molecule has 106 valence electrons. The Kier molecular flexibility index (Phi) is 3.69. The predicted octanol–water partition coefficient (Wildman–Crippen LogP) is 2.09. The van der Waals surface area contributed by atoms with Gasteiger partial charge in [-0.25, -0.2) is 9.78 Å². The zero-order chi connectivity index (χ0) is 13.9. The highest BCUT2D eigenvalue weighted by molar-refractivity contribution is 5.90. The number of rotatable bonds is 3. The maximum absolute atomic E-state index is 11.5. The normalized spacial score (nSPS) is 16.4. The Balaban J connectivity index is 1.81. The van der Waals surface area contributed by atoms with E-state index in [4.69, 9.17) is 9.47 Å². The van der Waals surface area contributed by atoms with Gasteiger partial charge in [0.2, 0.25) is 0 Å². The van der Waals surface area contributed by atoms with Gasteiger partial charge in [-0.05, 0) is 37.3 Å². The number of methoxy groups -OCH3 is 1. The largest absolute Gasteiger partial charge is 0.465 e. The van der Waals surface area contributed by atoms with E-state index < -0.39 is 0 Å². The first kappa shape index (κ1) is 13.1. The Morgan fingerprint density at radius 2 is 2.30 bits per heavy atom. The molecular weight excluding hydrogens is 256 g/mol. The van der Waals surface area contributed by atoms with E-state index in [1.54, 1.807) is 12.1 Å². The van der Waals surface area contributed by atoms with Gasteiger partial charge in [0.1, 0.15) is 5.65 Å². The summed E-state index contributed by atoms with van der Waals surface area (Å²) in [5.41, 5.74) is 2.39. The summed E-state index contributed by atoms with van der Waals surface area (Å²) in [6.07, 6.45) is 7.05. The lowest BCUT2D eigenvalue weighted by atomic mass is 9.95. The van der Waals surface area contributed by atoms with Gasteiger partial charge in [-0.2, -0.15) is 0 Å². The molecule has 2 aromatic rings. The van der Waals surface area contributed by atoms with Gasteiger partial charge in [0, 0.05) is 25.6 Å². The van der Waals surface area contributed by atoms with E-state index >= 15 is 0 Å². The second-order valence-corrected chi connectivity index (χ2v) is 5.16. The first-order valence-corrected chi connectivity index (χ1v) is 6.90. The molecule has 1 aliphatic heterocycles. The number of aromatic nitrogens is 2. The van der Waals surface area contributed by atoms with Gasteiger partial charge in [0.25, 0.3) is 0 Å². The summed E-state index contributed by atoms with van der Waals surface area (Å²) in [7, 11) is 1.38. The van der Waals surface area contributed by atoms with Crippen LogP contribution in [0.3, 0.4) is 0 Å². The fourth-order valence-corrected chi connectivity index (χ4v) is 2.62. The first-order valence-electron chi connectivity index (χ1n) is 6.90. The smallest absolute Gasteiger partial charge is 0.338 e. The third kappa shape index (κ3) is 2.67. The number of imidazole rings is 1. The monoisotopic (exact) mass is 274 g/mol. The molecule has 3 rings (SSSR count). The second-order valence-electron chi connectivity index (χ2n) is 5.16. The van der Waals surface area contributed by atoms with Gasteiger partial charge in [-0.1, -0.05) is 0 Å². The number of hydrogen-bond donors (Lipinski definition) is 0. The lowest BCUT2D eigenvalue weighted by Gasteiger charge is -2.20. The standard InChI is InChI=1S/C15H18N2O3/c1-19-15(18)12-2-5-17-10-13(16-14(17)9-12)8-11-3-6-20-7-4-11/h2,5,9-11H,3-4,6-8H2,1H3. The van der Waals surface area contributed by atoms with Crippen molar-refractivity contribution in [3.8, 4) is 0 Å². The Bertz CT molecular complexity index is 615. The Morgan fingerprint density at radius 3 is 3.05 bits per heavy atom. The molecule has 5 heteroatoms. The van der Waals surface area contributed by atoms with Gasteiger partial charge in [-0.15, -0.1) is 0 Å². The summed E-state index contributed by atoms with van der Waals surface area (Å²) >= 11 is 0. The minimum Gasteiger partial charge on any atom is -0.465 e. The van der Waals surface area contributed by atoms with Gasteiger partial charge in [0.15, 0.2) is 0 Å². The number of carbonyl (C=O) groups excluding carboxylic acids is 1. The Morgan fingerprint density at radius 1 is 1.50 bits per heavy atom. The van der Waals surface area contributed by atoms with Crippen LogP contribution >= 0.6 is 0 Å². The van der Waals surface area contributed by atoms with Gasteiger partial charge in [0.05, 0.1) is 18.4 Å². The van der Waals surface area contributed by atoms with Crippen LogP contribution in [0.2, 0.25) is 0 Å². The zero-order valence-electron chi connectivity index (χ0n) is 11.5. The molecule has 0 radical (unpaired) electrons. The molecule has 5 nitrogen and oxygen atoms in total. The average Bonchev–Trinajstić information content (AvgIpc) is 2.88. The molecule has 3 heterocycles. The highest BCUT2D eigenvalue weighted by Gasteiger charge is 2.16. The van der Waals surface area contributed by atoms with Crippen LogP contribution in [0.4, 0.5) is 0 Å². The molecule has 0 atom stereocenters. The number of esters is 1. The number of hydrogen-bond acceptors (Lipinski definition) is 4. The lowest BCUT2D eigenvalue weighted by Crippen LogP contribution is -2.17. The maximum Gasteiger partial charge on any atom is 0.338 e. The number of carbonyl (C=O) groups is 1. The average molecular weight is 274 g/mol. The van der Waals surface area contributed by atoms with Crippen LogP contribution in [0.5, 0.6) is 0 Å². The molecular formula is C15H18N2O3. The quantitative estimate of drug-likeness (QED) is 0.804. The molecule has 2 aromatic heterocycles. The van der Waals surface area contributed by atoms with Crippen LogP contribution in [-0.2, 0) is 15.9 Å². The molecule has 1 aliphatic rings. The second kappa shape index (κ2) is 5.63. The zero-order valence-corrected chi connectivity index (χ0v) is 11.5. The van der Waals surface area contributed by atoms with E-state index in [1.807, 2.05) is 16.8 Å². The Hall–Kier alpha value is -1.88. The number of nitrogens with zero attached hydrogens (tertiary/aromatic N) is 2. The predicted molar refractivity (Wildman–Crippen MR) is 73.8 cm³/mol. The fraction of sp³-hybridized carbons (Fsp3) is 0.467. The van der Waals surface area contributed by atoms with Crippen LogP contribution in [0, 0.1) is 5.92 Å². The van der Waals surface area contributed by atoms with Crippen LogP contribution in [0.1, 0.15) is 28.9 Å². The molecule has 0 aliphatic carbocycles. The van der Waals surface area contributed by atoms with Crippen LogP contribution in [-0.4, -0.2) is 35.7 Å². The summed E-state index contributed by atoms with van der Waals surface area (Å²) in [5.74, 6) is 0.315. The fourth-order valence-electron chi connectivity index (χ4n) is 2.62. The van der Waals surface area contributed by atoms with Crippen molar-refractivity contribution in [2.24, 2.45) is 5.92 Å². The van der Waals surface area contributed by atoms with Crippen LogP contribution in [0.15, 0.2) is 24.5 Å². The summed E-state index contributed by atoms with van der Waals surface area (Å²) in [4.78, 5) is 16.1. The van der Waals surface area contributed by atoms with Crippen molar-refractivity contribution in [3.63, 3.8) is 0 Å².